The normalized spacial score (nSPS) is 12.3. The van der Waals surface area contributed by atoms with Gasteiger partial charge in [-0.3, -0.25) is 19.2 Å². The predicted octanol–water partition coefficient (Wildman–Crippen LogP) is 5.82. The Kier molecular flexibility index (Phi) is 15.1. The van der Waals surface area contributed by atoms with E-state index in [4.69, 9.17) is 14.0 Å². The average Bonchev–Trinajstić information content (AvgIpc) is 3.56. The second kappa shape index (κ2) is 19.3. The molecule has 3 aromatic rings. The van der Waals surface area contributed by atoms with Crippen molar-refractivity contribution >= 4 is 18.2 Å². The number of benzene rings is 2. The first-order valence-corrected chi connectivity index (χ1v) is 16.0. The highest BCUT2D eigenvalue weighted by atomic mass is 16.7. The minimum atomic E-state index is -0.511. The van der Waals surface area contributed by atoms with Gasteiger partial charge in [-0.15, -0.1) is 0 Å². The minimum Gasteiger partial charge on any atom is -0.494 e. The van der Waals surface area contributed by atoms with Crippen molar-refractivity contribution < 1.29 is 28.4 Å². The second-order valence-electron chi connectivity index (χ2n) is 10.8. The van der Waals surface area contributed by atoms with Gasteiger partial charge >= 0.3 is 0 Å². The van der Waals surface area contributed by atoms with Gasteiger partial charge in [0.2, 0.25) is 12.3 Å². The summed E-state index contributed by atoms with van der Waals surface area (Å²) in [6.07, 6.45) is 4.55. The maximum atomic E-state index is 13.4. The predicted molar refractivity (Wildman–Crippen MR) is 174 cm³/mol. The highest BCUT2D eigenvalue weighted by Gasteiger charge is 2.32. The molecule has 3 amide bonds. The molecular weight excluding hydrogens is 572 g/mol. The number of nitrogens with one attached hydrogen (secondary N) is 3. The van der Waals surface area contributed by atoms with E-state index < -0.39 is 17.9 Å². The monoisotopic (exact) mass is 620 g/mol. The van der Waals surface area contributed by atoms with Gasteiger partial charge in [0.15, 0.2) is 5.76 Å². The molecule has 0 radical (unpaired) electrons. The first kappa shape index (κ1) is 35.3. The Balaban J connectivity index is 1.64. The Morgan fingerprint density at radius 2 is 1.76 bits per heavy atom. The summed E-state index contributed by atoms with van der Waals surface area (Å²) in [4.78, 5) is 44.3. The van der Waals surface area contributed by atoms with Crippen LogP contribution in [0.3, 0.4) is 0 Å². The lowest BCUT2D eigenvalue weighted by Crippen LogP contribution is -2.48. The van der Waals surface area contributed by atoms with Crippen LogP contribution in [-0.4, -0.2) is 49.1 Å². The summed E-state index contributed by atoms with van der Waals surface area (Å²) in [5, 5.41) is 10.1. The summed E-state index contributed by atoms with van der Waals surface area (Å²) in [7, 11) is 0. The van der Waals surface area contributed by atoms with Crippen molar-refractivity contribution in [2.75, 3.05) is 19.8 Å². The quantitative estimate of drug-likeness (QED) is 0.0594. The SMILES string of the molecule is CCCCCC(C(=O)NCNC(=O)c1ccc(-c2cc(CNCC)cc(OCC)c2)o1)[C@@H](CC)N(C=O)OCc1ccccc1. The summed E-state index contributed by atoms with van der Waals surface area (Å²) >= 11 is 0. The number of hydroxylamine groups is 2. The zero-order chi connectivity index (χ0) is 32.4. The van der Waals surface area contributed by atoms with Gasteiger partial charge in [0.25, 0.3) is 5.91 Å². The number of hydrogen-bond donors (Lipinski definition) is 3. The van der Waals surface area contributed by atoms with Gasteiger partial charge in [0.1, 0.15) is 18.1 Å². The maximum Gasteiger partial charge on any atom is 0.288 e. The fourth-order valence-corrected chi connectivity index (χ4v) is 5.15. The Bertz CT molecular complexity index is 1330. The van der Waals surface area contributed by atoms with Crippen LogP contribution in [0.25, 0.3) is 11.3 Å². The molecule has 1 unspecified atom stereocenters. The van der Waals surface area contributed by atoms with E-state index in [9.17, 15) is 14.4 Å². The molecule has 244 valence electrons. The molecule has 0 fully saturated rings. The lowest BCUT2D eigenvalue weighted by Gasteiger charge is -2.32. The number of furan rings is 1. The van der Waals surface area contributed by atoms with Crippen molar-refractivity contribution in [1.29, 1.82) is 0 Å². The van der Waals surface area contributed by atoms with E-state index in [-0.39, 0.29) is 24.9 Å². The first-order valence-electron chi connectivity index (χ1n) is 16.0. The van der Waals surface area contributed by atoms with Gasteiger partial charge in [-0.25, -0.2) is 5.06 Å². The third-order valence-corrected chi connectivity index (χ3v) is 7.47. The van der Waals surface area contributed by atoms with Crippen molar-refractivity contribution in [3.63, 3.8) is 0 Å². The molecule has 10 nitrogen and oxygen atoms in total. The molecule has 2 atom stereocenters. The Hall–Kier alpha value is -4.15. The number of carbonyl (C=O) groups excluding carboxylic acids is 3. The van der Waals surface area contributed by atoms with Gasteiger partial charge in [-0.2, -0.15) is 0 Å². The number of unbranched alkanes of at least 4 members (excludes halogenated alkanes) is 2. The molecular formula is C35H48N4O6. The summed E-state index contributed by atoms with van der Waals surface area (Å²) < 4.78 is 11.6. The van der Waals surface area contributed by atoms with E-state index >= 15 is 0 Å². The van der Waals surface area contributed by atoms with E-state index in [1.54, 1.807) is 12.1 Å². The Morgan fingerprint density at radius 3 is 2.44 bits per heavy atom. The van der Waals surface area contributed by atoms with Gasteiger partial charge < -0.3 is 25.1 Å². The van der Waals surface area contributed by atoms with E-state index in [1.165, 1.54) is 5.06 Å². The van der Waals surface area contributed by atoms with Crippen LogP contribution in [0.15, 0.2) is 65.1 Å². The van der Waals surface area contributed by atoms with Crippen LogP contribution in [0.2, 0.25) is 0 Å². The Labute approximate surface area is 266 Å². The van der Waals surface area contributed by atoms with Crippen molar-refractivity contribution in [2.45, 2.75) is 79.0 Å². The number of carbonyl (C=O) groups is 3. The lowest BCUT2D eigenvalue weighted by atomic mass is 9.90. The number of amides is 3. The molecule has 1 aromatic heterocycles. The standard InChI is InChI=1S/C35H48N4O6/c1-5-9-11-16-30(31(6-2)39(25-40)44-23-26-14-12-10-13-15-26)34(41)37-24-38-35(42)33-18-17-32(45-33)28-19-27(22-36-7-3)20-29(21-28)43-8-4/h10,12-15,17-21,25,30-31,36H,5-9,11,16,22-24H2,1-4H3,(H,37,41)(H,38,42)/t30?,31-/m1/s1. The van der Waals surface area contributed by atoms with Crippen LogP contribution in [-0.2, 0) is 27.6 Å². The molecule has 3 rings (SSSR count). The second-order valence-corrected chi connectivity index (χ2v) is 10.8. The topological polar surface area (TPSA) is 122 Å². The average molecular weight is 621 g/mol. The molecule has 0 aliphatic rings. The van der Waals surface area contributed by atoms with E-state index in [0.717, 1.165) is 48.2 Å². The number of nitrogens with zero attached hydrogens (tertiary/aromatic N) is 1. The Morgan fingerprint density at radius 1 is 0.956 bits per heavy atom. The largest absolute Gasteiger partial charge is 0.494 e. The number of hydrogen-bond acceptors (Lipinski definition) is 7. The highest BCUT2D eigenvalue weighted by Crippen LogP contribution is 2.28. The number of ether oxygens (including phenoxy) is 1. The van der Waals surface area contributed by atoms with E-state index in [1.807, 2.05) is 69.3 Å². The minimum absolute atomic E-state index is 0.0902. The van der Waals surface area contributed by atoms with E-state index in [2.05, 4.69) is 22.9 Å². The fourth-order valence-electron chi connectivity index (χ4n) is 5.15. The molecule has 45 heavy (non-hydrogen) atoms. The van der Waals surface area contributed by atoms with E-state index in [0.29, 0.717) is 38.2 Å². The molecule has 0 spiro atoms. The van der Waals surface area contributed by atoms with Gasteiger partial charge in [-0.05, 0) is 67.8 Å². The molecule has 2 aromatic carbocycles. The van der Waals surface area contributed by atoms with Gasteiger partial charge in [0.05, 0.1) is 25.2 Å². The molecule has 0 aliphatic heterocycles. The molecule has 1 heterocycles. The highest BCUT2D eigenvalue weighted by molar-refractivity contribution is 5.92. The summed E-state index contributed by atoms with van der Waals surface area (Å²) in [5.41, 5.74) is 2.77. The molecule has 0 bridgehead atoms. The van der Waals surface area contributed by atoms with Crippen molar-refractivity contribution in [1.82, 2.24) is 21.0 Å². The van der Waals surface area contributed by atoms with Gasteiger partial charge in [-0.1, -0.05) is 70.4 Å². The third kappa shape index (κ3) is 11.1. The third-order valence-electron chi connectivity index (χ3n) is 7.47. The molecule has 10 heteroatoms. The summed E-state index contributed by atoms with van der Waals surface area (Å²) in [6, 6.07) is 18.3. The molecule has 0 saturated carbocycles. The maximum absolute atomic E-state index is 13.4. The zero-order valence-electron chi connectivity index (χ0n) is 27.0. The van der Waals surface area contributed by atoms with Crippen LogP contribution in [0.4, 0.5) is 0 Å². The summed E-state index contributed by atoms with van der Waals surface area (Å²) in [6.45, 7) is 10.2. The van der Waals surface area contributed by atoms with Crippen molar-refractivity contribution in [2.24, 2.45) is 5.92 Å². The first-order chi connectivity index (χ1) is 21.9. The lowest BCUT2D eigenvalue weighted by molar-refractivity contribution is -0.200. The van der Waals surface area contributed by atoms with Crippen LogP contribution >= 0.6 is 0 Å². The zero-order valence-corrected chi connectivity index (χ0v) is 27.0. The van der Waals surface area contributed by atoms with Crippen LogP contribution in [0.1, 0.15) is 81.5 Å². The van der Waals surface area contributed by atoms with Gasteiger partial charge in [0, 0.05) is 12.1 Å². The van der Waals surface area contributed by atoms with Crippen LogP contribution in [0.5, 0.6) is 5.75 Å². The van der Waals surface area contributed by atoms with Crippen molar-refractivity contribution in [3.8, 4) is 17.1 Å². The molecule has 0 aliphatic carbocycles. The van der Waals surface area contributed by atoms with Crippen molar-refractivity contribution in [3.05, 3.63) is 77.6 Å². The summed E-state index contributed by atoms with van der Waals surface area (Å²) in [5.74, 6) is 0.172. The van der Waals surface area contributed by atoms with Crippen LogP contribution in [0, 0.1) is 5.92 Å². The molecule has 0 saturated heterocycles. The number of rotatable bonds is 21. The fraction of sp³-hybridized carbons (Fsp3) is 0.457. The van der Waals surface area contributed by atoms with Crippen LogP contribution < -0.4 is 20.7 Å². The molecule has 3 N–H and O–H groups in total. The smallest absolute Gasteiger partial charge is 0.288 e.